The summed E-state index contributed by atoms with van der Waals surface area (Å²) in [6.45, 7) is -0.00548. The Morgan fingerprint density at radius 3 is 2.62 bits per heavy atom. The number of aliphatic carboxylic acids is 1. The summed E-state index contributed by atoms with van der Waals surface area (Å²) in [6, 6.07) is 6.48. The summed E-state index contributed by atoms with van der Waals surface area (Å²) in [5.41, 5.74) is 0.720. The standard InChI is InChI=1S/C14H12ClN3O3/c15-13-11(4-2-7-17-13)18(8-5-12(19)20)14(21)10-3-1-6-16-9-10/h1-4,6-7,9H,5,8H2,(H,19,20). The Hall–Kier alpha value is -2.47. The molecule has 21 heavy (non-hydrogen) atoms. The Kier molecular flexibility index (Phi) is 4.84. The van der Waals surface area contributed by atoms with Crippen molar-refractivity contribution in [2.75, 3.05) is 11.4 Å². The molecule has 2 aromatic heterocycles. The van der Waals surface area contributed by atoms with Crippen LogP contribution in [0.1, 0.15) is 16.8 Å². The lowest BCUT2D eigenvalue weighted by atomic mass is 10.2. The Labute approximate surface area is 126 Å². The third-order valence-electron chi connectivity index (χ3n) is 2.73. The maximum Gasteiger partial charge on any atom is 0.305 e. The molecular weight excluding hydrogens is 294 g/mol. The zero-order valence-corrected chi connectivity index (χ0v) is 11.7. The van der Waals surface area contributed by atoms with Crippen molar-refractivity contribution < 1.29 is 14.7 Å². The van der Waals surface area contributed by atoms with Gasteiger partial charge in [-0.05, 0) is 24.3 Å². The highest BCUT2D eigenvalue weighted by Gasteiger charge is 2.21. The molecule has 6 nitrogen and oxygen atoms in total. The predicted octanol–water partition coefficient (Wildman–Crippen LogP) is 2.25. The second-order valence-corrected chi connectivity index (χ2v) is 4.51. The topological polar surface area (TPSA) is 83.4 Å². The van der Waals surface area contributed by atoms with Crippen molar-refractivity contribution in [3.05, 3.63) is 53.6 Å². The zero-order chi connectivity index (χ0) is 15.2. The summed E-state index contributed by atoms with van der Waals surface area (Å²) in [5.74, 6) is -1.38. The van der Waals surface area contributed by atoms with E-state index in [-0.39, 0.29) is 24.0 Å². The second kappa shape index (κ2) is 6.81. The van der Waals surface area contributed by atoms with E-state index in [2.05, 4.69) is 9.97 Å². The minimum absolute atomic E-state index is 0.00548. The molecule has 0 aromatic carbocycles. The van der Waals surface area contributed by atoms with Crippen molar-refractivity contribution >= 4 is 29.2 Å². The van der Waals surface area contributed by atoms with Gasteiger partial charge in [-0.1, -0.05) is 11.6 Å². The first-order valence-corrected chi connectivity index (χ1v) is 6.51. The van der Waals surface area contributed by atoms with E-state index in [1.807, 2.05) is 0 Å². The molecule has 1 amide bonds. The number of carboxylic acid groups (broad SMARTS) is 1. The Bertz CT molecular complexity index is 649. The summed E-state index contributed by atoms with van der Waals surface area (Å²) in [5, 5.41) is 8.97. The highest BCUT2D eigenvalue weighted by Crippen LogP contribution is 2.24. The molecule has 0 atom stereocenters. The first-order chi connectivity index (χ1) is 10.1. The lowest BCUT2D eigenvalue weighted by molar-refractivity contribution is -0.136. The minimum atomic E-state index is -1.00. The molecule has 0 saturated carbocycles. The smallest absolute Gasteiger partial charge is 0.305 e. The van der Waals surface area contributed by atoms with Gasteiger partial charge in [-0.15, -0.1) is 0 Å². The Balaban J connectivity index is 2.34. The van der Waals surface area contributed by atoms with Crippen molar-refractivity contribution in [3.63, 3.8) is 0 Å². The maximum atomic E-state index is 12.5. The molecule has 0 radical (unpaired) electrons. The normalized spacial score (nSPS) is 10.1. The monoisotopic (exact) mass is 305 g/mol. The molecule has 2 rings (SSSR count). The number of nitrogens with zero attached hydrogens (tertiary/aromatic N) is 3. The fourth-order valence-corrected chi connectivity index (χ4v) is 1.98. The molecule has 7 heteroatoms. The van der Waals surface area contributed by atoms with Gasteiger partial charge in [-0.25, -0.2) is 4.98 Å². The van der Waals surface area contributed by atoms with E-state index < -0.39 is 5.97 Å². The van der Waals surface area contributed by atoms with E-state index in [1.54, 1.807) is 30.5 Å². The number of hydrogen-bond donors (Lipinski definition) is 1. The van der Waals surface area contributed by atoms with Gasteiger partial charge in [0.2, 0.25) is 0 Å². The van der Waals surface area contributed by atoms with Gasteiger partial charge in [0, 0.05) is 25.1 Å². The summed E-state index contributed by atoms with van der Waals surface area (Å²) < 4.78 is 0. The molecule has 0 aliphatic carbocycles. The van der Waals surface area contributed by atoms with Gasteiger partial charge >= 0.3 is 5.97 Å². The molecule has 2 heterocycles. The number of rotatable bonds is 5. The number of carbonyl (C=O) groups excluding carboxylic acids is 1. The highest BCUT2D eigenvalue weighted by molar-refractivity contribution is 6.32. The molecule has 0 saturated heterocycles. The molecular formula is C14H12ClN3O3. The third-order valence-corrected chi connectivity index (χ3v) is 3.02. The van der Waals surface area contributed by atoms with Crippen LogP contribution in [0.2, 0.25) is 5.15 Å². The Morgan fingerprint density at radius 1 is 1.24 bits per heavy atom. The average Bonchev–Trinajstić information content (AvgIpc) is 2.49. The van der Waals surface area contributed by atoms with Gasteiger partial charge < -0.3 is 10.0 Å². The van der Waals surface area contributed by atoms with Crippen molar-refractivity contribution in [1.82, 2.24) is 9.97 Å². The van der Waals surface area contributed by atoms with E-state index in [9.17, 15) is 9.59 Å². The lowest BCUT2D eigenvalue weighted by Gasteiger charge is -2.22. The molecule has 1 N–H and O–H groups in total. The van der Waals surface area contributed by atoms with Crippen LogP contribution in [0.15, 0.2) is 42.9 Å². The molecule has 2 aromatic rings. The first-order valence-electron chi connectivity index (χ1n) is 6.14. The molecule has 0 bridgehead atoms. The van der Waals surface area contributed by atoms with Crippen LogP contribution in [0.25, 0.3) is 0 Å². The fraction of sp³-hybridized carbons (Fsp3) is 0.143. The van der Waals surface area contributed by atoms with E-state index in [0.29, 0.717) is 11.3 Å². The van der Waals surface area contributed by atoms with Crippen LogP contribution < -0.4 is 4.90 Å². The van der Waals surface area contributed by atoms with Gasteiger partial charge in [0.1, 0.15) is 0 Å². The van der Waals surface area contributed by atoms with Crippen molar-refractivity contribution in [1.29, 1.82) is 0 Å². The quantitative estimate of drug-likeness (QED) is 0.857. The lowest BCUT2D eigenvalue weighted by Crippen LogP contribution is -2.33. The van der Waals surface area contributed by atoms with Gasteiger partial charge in [0.15, 0.2) is 5.15 Å². The van der Waals surface area contributed by atoms with Crippen LogP contribution >= 0.6 is 11.6 Å². The number of carboxylic acids is 1. The molecule has 0 aliphatic heterocycles. The fourth-order valence-electron chi connectivity index (χ4n) is 1.76. The third kappa shape index (κ3) is 3.76. The van der Waals surface area contributed by atoms with Gasteiger partial charge in [0.25, 0.3) is 5.91 Å². The van der Waals surface area contributed by atoms with Crippen molar-refractivity contribution in [2.45, 2.75) is 6.42 Å². The average molecular weight is 306 g/mol. The Morgan fingerprint density at radius 2 is 2.00 bits per heavy atom. The van der Waals surface area contributed by atoms with Gasteiger partial charge in [-0.2, -0.15) is 0 Å². The van der Waals surface area contributed by atoms with Crippen LogP contribution in [0.4, 0.5) is 5.69 Å². The van der Waals surface area contributed by atoms with Crippen LogP contribution in [-0.2, 0) is 4.79 Å². The summed E-state index contributed by atoms with van der Waals surface area (Å²) in [4.78, 5) is 32.4. The highest BCUT2D eigenvalue weighted by atomic mass is 35.5. The minimum Gasteiger partial charge on any atom is -0.481 e. The van der Waals surface area contributed by atoms with Crippen LogP contribution in [0.5, 0.6) is 0 Å². The van der Waals surface area contributed by atoms with E-state index in [1.165, 1.54) is 17.3 Å². The number of amides is 1. The molecule has 0 aliphatic rings. The van der Waals surface area contributed by atoms with Crippen LogP contribution in [0.3, 0.4) is 0 Å². The maximum absolute atomic E-state index is 12.5. The molecule has 0 fully saturated rings. The number of halogens is 1. The number of aromatic nitrogens is 2. The summed E-state index contributed by atoms with van der Waals surface area (Å²) in [6.07, 6.45) is 4.27. The molecule has 108 valence electrons. The van der Waals surface area contributed by atoms with E-state index in [0.717, 1.165) is 0 Å². The van der Waals surface area contributed by atoms with Crippen molar-refractivity contribution in [2.24, 2.45) is 0 Å². The van der Waals surface area contributed by atoms with E-state index in [4.69, 9.17) is 16.7 Å². The number of carbonyl (C=O) groups is 2. The second-order valence-electron chi connectivity index (χ2n) is 4.16. The van der Waals surface area contributed by atoms with Gasteiger partial charge in [-0.3, -0.25) is 14.6 Å². The van der Waals surface area contributed by atoms with Crippen LogP contribution in [-0.4, -0.2) is 33.5 Å². The zero-order valence-electron chi connectivity index (χ0n) is 10.9. The van der Waals surface area contributed by atoms with Crippen molar-refractivity contribution in [3.8, 4) is 0 Å². The van der Waals surface area contributed by atoms with Crippen LogP contribution in [0, 0.1) is 0 Å². The van der Waals surface area contributed by atoms with E-state index >= 15 is 0 Å². The number of anilines is 1. The number of hydrogen-bond acceptors (Lipinski definition) is 4. The SMILES string of the molecule is O=C(O)CCN(C(=O)c1cccnc1)c1cccnc1Cl. The largest absolute Gasteiger partial charge is 0.481 e. The molecule has 0 spiro atoms. The summed E-state index contributed by atoms with van der Waals surface area (Å²) >= 11 is 6.00. The first kappa shape index (κ1) is 14.9. The molecule has 0 unspecified atom stereocenters. The predicted molar refractivity (Wildman–Crippen MR) is 77.4 cm³/mol. The summed E-state index contributed by atoms with van der Waals surface area (Å²) in [7, 11) is 0. The number of pyridine rings is 2. The van der Waals surface area contributed by atoms with Gasteiger partial charge in [0.05, 0.1) is 17.7 Å².